The number of carbonyl (C=O) groups excluding carboxylic acids is 1. The highest BCUT2D eigenvalue weighted by atomic mass is 19.3. The van der Waals surface area contributed by atoms with Gasteiger partial charge in [0, 0.05) is 0 Å². The first-order valence-electron chi connectivity index (χ1n) is 9.83. The zero-order valence-electron chi connectivity index (χ0n) is 16.8. The third-order valence-corrected chi connectivity index (χ3v) is 5.39. The van der Waals surface area contributed by atoms with Crippen LogP contribution in [0.25, 0.3) is 0 Å². The number of carboxylic acids is 1. The molecule has 0 aliphatic heterocycles. The van der Waals surface area contributed by atoms with E-state index in [0.717, 1.165) is 44.6 Å². The summed E-state index contributed by atoms with van der Waals surface area (Å²) >= 11 is 0. The molecule has 0 amide bonds. The third-order valence-electron chi connectivity index (χ3n) is 5.39. The minimum absolute atomic E-state index is 0.0124. The molecule has 1 unspecified atom stereocenters. The molecular weight excluding hydrogens is 389 g/mol. The van der Waals surface area contributed by atoms with Gasteiger partial charge in [-0.15, -0.1) is 0 Å². The zero-order chi connectivity index (χ0) is 21.8. The van der Waals surface area contributed by atoms with Crippen molar-refractivity contribution in [2.75, 3.05) is 0 Å². The highest BCUT2D eigenvalue weighted by Gasteiger charge is 2.51. The van der Waals surface area contributed by atoms with Crippen LogP contribution in [0.2, 0.25) is 0 Å². The standard InChI is InChI=1S/C21H27F3O5/c1-4-20(10-6-5-7-11-20)29-16-9-8-14(12-15(16)22)18(25)28-17(13(2)3)21(23,24)19(26)27/h8-9,12-13,17H,4-7,10-11H2,1-3H3,(H,26,27). The molecule has 29 heavy (non-hydrogen) atoms. The van der Waals surface area contributed by atoms with Crippen LogP contribution in [0, 0.1) is 11.7 Å². The molecule has 1 atom stereocenters. The summed E-state index contributed by atoms with van der Waals surface area (Å²) in [4.78, 5) is 23.1. The fourth-order valence-corrected chi connectivity index (χ4v) is 3.60. The quantitative estimate of drug-likeness (QED) is 0.589. The molecule has 0 heterocycles. The minimum atomic E-state index is -4.26. The first-order valence-corrected chi connectivity index (χ1v) is 9.83. The Hall–Kier alpha value is -2.25. The number of hydrogen-bond donors (Lipinski definition) is 1. The van der Waals surface area contributed by atoms with Crippen LogP contribution >= 0.6 is 0 Å². The van der Waals surface area contributed by atoms with Crippen LogP contribution in [0.3, 0.4) is 0 Å². The Morgan fingerprint density at radius 1 is 1.21 bits per heavy atom. The largest absolute Gasteiger partial charge is 0.484 e. The van der Waals surface area contributed by atoms with Gasteiger partial charge in [0.25, 0.3) is 0 Å². The van der Waals surface area contributed by atoms with Crippen LogP contribution in [0.5, 0.6) is 5.75 Å². The van der Waals surface area contributed by atoms with E-state index in [1.807, 2.05) is 6.92 Å². The molecule has 162 valence electrons. The van der Waals surface area contributed by atoms with Crippen LogP contribution in [-0.2, 0) is 9.53 Å². The highest BCUT2D eigenvalue weighted by Crippen LogP contribution is 2.36. The molecule has 2 rings (SSSR count). The summed E-state index contributed by atoms with van der Waals surface area (Å²) in [7, 11) is 0. The van der Waals surface area contributed by atoms with Gasteiger partial charge in [-0.1, -0.05) is 27.2 Å². The molecule has 0 radical (unpaired) electrons. The number of rotatable bonds is 8. The highest BCUT2D eigenvalue weighted by molar-refractivity contribution is 5.90. The average molecular weight is 416 g/mol. The summed E-state index contributed by atoms with van der Waals surface area (Å²) in [5.41, 5.74) is -0.746. The fraction of sp³-hybridized carbons (Fsp3) is 0.619. The van der Waals surface area contributed by atoms with Crippen molar-refractivity contribution in [3.8, 4) is 5.75 Å². The second-order valence-electron chi connectivity index (χ2n) is 7.84. The van der Waals surface area contributed by atoms with E-state index in [2.05, 4.69) is 0 Å². The molecule has 0 spiro atoms. The van der Waals surface area contributed by atoms with E-state index in [4.69, 9.17) is 14.6 Å². The molecular formula is C21H27F3O5. The number of ether oxygens (including phenoxy) is 2. The number of halogens is 3. The normalized spacial score (nSPS) is 17.6. The first kappa shape index (κ1) is 23.0. The van der Waals surface area contributed by atoms with E-state index in [1.165, 1.54) is 26.0 Å². The van der Waals surface area contributed by atoms with Gasteiger partial charge in [0.05, 0.1) is 5.56 Å². The second-order valence-corrected chi connectivity index (χ2v) is 7.84. The monoisotopic (exact) mass is 416 g/mol. The number of esters is 1. The van der Waals surface area contributed by atoms with E-state index in [9.17, 15) is 22.8 Å². The second kappa shape index (κ2) is 9.05. The molecule has 8 heteroatoms. The van der Waals surface area contributed by atoms with Gasteiger partial charge in [-0.25, -0.2) is 14.0 Å². The molecule has 5 nitrogen and oxygen atoms in total. The van der Waals surface area contributed by atoms with Crippen molar-refractivity contribution in [1.29, 1.82) is 0 Å². The Bertz CT molecular complexity index is 742. The first-order chi connectivity index (χ1) is 13.5. The number of carbonyl (C=O) groups is 2. The molecule has 1 aromatic rings. The van der Waals surface area contributed by atoms with Crippen molar-refractivity contribution >= 4 is 11.9 Å². The Morgan fingerprint density at radius 3 is 2.31 bits per heavy atom. The Morgan fingerprint density at radius 2 is 1.83 bits per heavy atom. The maximum absolute atomic E-state index is 14.6. The van der Waals surface area contributed by atoms with Gasteiger partial charge in [0.2, 0.25) is 0 Å². The molecule has 1 aliphatic rings. The van der Waals surface area contributed by atoms with Crippen LogP contribution < -0.4 is 4.74 Å². The van der Waals surface area contributed by atoms with Gasteiger partial charge >= 0.3 is 17.9 Å². The van der Waals surface area contributed by atoms with E-state index in [0.29, 0.717) is 0 Å². The van der Waals surface area contributed by atoms with Gasteiger partial charge in [-0.05, 0) is 56.2 Å². The van der Waals surface area contributed by atoms with Crippen molar-refractivity contribution in [3.63, 3.8) is 0 Å². The summed E-state index contributed by atoms with van der Waals surface area (Å²) in [5, 5.41) is 8.71. The number of benzene rings is 1. The van der Waals surface area contributed by atoms with Crippen LogP contribution in [0.1, 0.15) is 69.7 Å². The molecule has 0 aromatic heterocycles. The number of alkyl halides is 2. The van der Waals surface area contributed by atoms with Crippen molar-refractivity contribution in [2.45, 2.75) is 76.9 Å². The maximum Gasteiger partial charge on any atom is 0.378 e. The van der Waals surface area contributed by atoms with Gasteiger partial charge in [0.15, 0.2) is 17.7 Å². The molecule has 0 saturated heterocycles. The lowest BCUT2D eigenvalue weighted by atomic mass is 9.82. The third kappa shape index (κ3) is 5.22. The van der Waals surface area contributed by atoms with E-state index in [-0.39, 0.29) is 11.3 Å². The van der Waals surface area contributed by atoms with Crippen molar-refractivity contribution in [1.82, 2.24) is 0 Å². The van der Waals surface area contributed by atoms with Crippen molar-refractivity contribution in [3.05, 3.63) is 29.6 Å². The number of aliphatic carboxylic acids is 1. The van der Waals surface area contributed by atoms with Crippen LogP contribution in [0.15, 0.2) is 18.2 Å². The Labute approximate surface area is 168 Å². The minimum Gasteiger partial charge on any atom is -0.484 e. The lowest BCUT2D eigenvalue weighted by molar-refractivity contribution is -0.187. The van der Waals surface area contributed by atoms with Gasteiger partial charge < -0.3 is 14.6 Å². The number of hydrogen-bond acceptors (Lipinski definition) is 4. The van der Waals surface area contributed by atoms with Crippen LogP contribution in [-0.4, -0.2) is 34.7 Å². The SMILES string of the molecule is CCC1(Oc2ccc(C(=O)OC(C(C)C)C(F)(F)C(=O)O)cc2F)CCCCC1. The van der Waals surface area contributed by atoms with Gasteiger partial charge in [-0.2, -0.15) is 8.78 Å². The smallest absolute Gasteiger partial charge is 0.378 e. The van der Waals surface area contributed by atoms with Crippen LogP contribution in [0.4, 0.5) is 13.2 Å². The van der Waals surface area contributed by atoms with Gasteiger partial charge in [0.1, 0.15) is 5.60 Å². The Balaban J connectivity index is 2.18. The maximum atomic E-state index is 14.6. The van der Waals surface area contributed by atoms with E-state index >= 15 is 0 Å². The van der Waals surface area contributed by atoms with E-state index < -0.39 is 41.3 Å². The fourth-order valence-electron chi connectivity index (χ4n) is 3.60. The Kier molecular flexibility index (Phi) is 7.19. The summed E-state index contributed by atoms with van der Waals surface area (Å²) < 4.78 is 52.9. The molecule has 1 aromatic carbocycles. The summed E-state index contributed by atoms with van der Waals surface area (Å²) in [6.07, 6.45) is 3.26. The molecule has 1 saturated carbocycles. The lowest BCUT2D eigenvalue weighted by Gasteiger charge is -2.37. The lowest BCUT2D eigenvalue weighted by Crippen LogP contribution is -2.47. The summed E-state index contributed by atoms with van der Waals surface area (Å²) in [6, 6.07) is 3.36. The number of carboxylic acid groups (broad SMARTS) is 1. The van der Waals surface area contributed by atoms with Crippen molar-refractivity contribution in [2.24, 2.45) is 5.92 Å². The average Bonchev–Trinajstić information content (AvgIpc) is 2.67. The summed E-state index contributed by atoms with van der Waals surface area (Å²) in [5.74, 6) is -9.66. The molecule has 1 aliphatic carbocycles. The summed E-state index contributed by atoms with van der Waals surface area (Å²) in [6.45, 7) is 4.59. The molecule has 0 bridgehead atoms. The van der Waals surface area contributed by atoms with E-state index in [1.54, 1.807) is 0 Å². The predicted octanol–water partition coefficient (Wildman–Crippen LogP) is 5.22. The van der Waals surface area contributed by atoms with Crippen molar-refractivity contribution < 1.29 is 37.3 Å². The predicted molar refractivity (Wildman–Crippen MR) is 99.8 cm³/mol. The van der Waals surface area contributed by atoms with Gasteiger partial charge in [-0.3, -0.25) is 0 Å². The molecule has 1 fully saturated rings. The topological polar surface area (TPSA) is 72.8 Å². The molecule has 1 N–H and O–H groups in total. The zero-order valence-corrected chi connectivity index (χ0v) is 16.8.